The summed E-state index contributed by atoms with van der Waals surface area (Å²) < 4.78 is 0. The highest BCUT2D eigenvalue weighted by Gasteiger charge is 2.56. The monoisotopic (exact) mass is 238 g/mol. The molecule has 3 heteroatoms. The van der Waals surface area contributed by atoms with Crippen LogP contribution in [0, 0.1) is 10.8 Å². The minimum absolute atomic E-state index is 0.454. The van der Waals surface area contributed by atoms with Gasteiger partial charge in [-0.1, -0.05) is 27.7 Å². The first-order valence-corrected chi connectivity index (χ1v) is 6.56. The van der Waals surface area contributed by atoms with Crippen molar-refractivity contribution in [2.24, 2.45) is 10.8 Å². The molecule has 1 rings (SSSR count). The van der Waals surface area contributed by atoms with Crippen LogP contribution in [-0.4, -0.2) is 17.3 Å². The molecule has 0 heterocycles. The standard InChI is InChI=1S/C14H22O3/c1-5-13(6-2)9-14(7-3,8-4)12(17)10(15)11(13)16/h5-9H2,1-4H3. The summed E-state index contributed by atoms with van der Waals surface area (Å²) in [5.74, 6) is -1.67. The third kappa shape index (κ3) is 1.85. The second-order valence-electron chi connectivity index (χ2n) is 5.14. The SMILES string of the molecule is CCC1(CC)CC(CC)(CC)C(=O)C(=O)C1=O. The van der Waals surface area contributed by atoms with Gasteiger partial charge >= 0.3 is 0 Å². The lowest BCUT2D eigenvalue weighted by Crippen LogP contribution is -2.54. The highest BCUT2D eigenvalue weighted by molar-refractivity contribution is 6.66. The van der Waals surface area contributed by atoms with Gasteiger partial charge in [0.25, 0.3) is 5.78 Å². The van der Waals surface area contributed by atoms with Gasteiger partial charge in [0.2, 0.25) is 11.6 Å². The molecule has 0 aromatic carbocycles. The maximum atomic E-state index is 12.1. The summed E-state index contributed by atoms with van der Waals surface area (Å²) in [6, 6.07) is 0. The first-order chi connectivity index (χ1) is 7.93. The molecule has 0 amide bonds. The number of carbonyl (C=O) groups excluding carboxylic acids is 3. The zero-order valence-corrected chi connectivity index (χ0v) is 11.3. The first-order valence-electron chi connectivity index (χ1n) is 6.56. The van der Waals surface area contributed by atoms with Gasteiger partial charge < -0.3 is 0 Å². The highest BCUT2D eigenvalue weighted by atomic mass is 16.2. The average molecular weight is 238 g/mol. The number of rotatable bonds is 4. The van der Waals surface area contributed by atoms with E-state index >= 15 is 0 Å². The zero-order chi connectivity index (χ0) is 13.3. The van der Waals surface area contributed by atoms with Gasteiger partial charge in [-0.05, 0) is 32.1 Å². The molecule has 0 bridgehead atoms. The van der Waals surface area contributed by atoms with Gasteiger partial charge in [-0.2, -0.15) is 0 Å². The van der Waals surface area contributed by atoms with Crippen LogP contribution in [0.25, 0.3) is 0 Å². The Morgan fingerprint density at radius 3 is 1.29 bits per heavy atom. The van der Waals surface area contributed by atoms with E-state index in [4.69, 9.17) is 0 Å². The van der Waals surface area contributed by atoms with Crippen molar-refractivity contribution in [2.45, 2.75) is 59.8 Å². The molecule has 0 N–H and O–H groups in total. The molecule has 0 radical (unpaired) electrons. The summed E-state index contributed by atoms with van der Waals surface area (Å²) in [5, 5.41) is 0. The normalized spacial score (nSPS) is 22.9. The molecule has 1 aliphatic rings. The lowest BCUT2D eigenvalue weighted by atomic mass is 9.56. The molecular weight excluding hydrogens is 216 g/mol. The molecule has 0 unspecified atom stereocenters. The van der Waals surface area contributed by atoms with E-state index < -0.39 is 28.2 Å². The van der Waals surface area contributed by atoms with Crippen LogP contribution in [0.4, 0.5) is 0 Å². The third-order valence-electron chi connectivity index (χ3n) is 4.76. The van der Waals surface area contributed by atoms with Gasteiger partial charge in [0.15, 0.2) is 0 Å². The number of Topliss-reactive ketones (excluding diaryl/α,β-unsaturated/α-hetero) is 3. The Morgan fingerprint density at radius 2 is 1.06 bits per heavy atom. The number of hydrogen-bond acceptors (Lipinski definition) is 3. The molecule has 0 atom stereocenters. The largest absolute Gasteiger partial charge is 0.290 e. The zero-order valence-electron chi connectivity index (χ0n) is 11.3. The fourth-order valence-corrected chi connectivity index (χ4v) is 3.04. The Labute approximate surface area is 103 Å². The maximum Gasteiger partial charge on any atom is 0.265 e. The number of ketones is 3. The molecule has 1 aliphatic carbocycles. The molecular formula is C14H22O3. The summed E-state index contributed by atoms with van der Waals surface area (Å²) in [7, 11) is 0. The van der Waals surface area contributed by atoms with E-state index in [1.807, 2.05) is 27.7 Å². The predicted octanol–water partition coefficient (Wildman–Crippen LogP) is 2.71. The van der Waals surface area contributed by atoms with Crippen LogP contribution in [0.5, 0.6) is 0 Å². The summed E-state index contributed by atoms with van der Waals surface area (Å²) in [5.41, 5.74) is -1.20. The van der Waals surface area contributed by atoms with Crippen molar-refractivity contribution in [3.63, 3.8) is 0 Å². The van der Waals surface area contributed by atoms with Crippen molar-refractivity contribution in [1.29, 1.82) is 0 Å². The maximum absolute atomic E-state index is 12.1. The van der Waals surface area contributed by atoms with E-state index in [0.717, 1.165) is 0 Å². The van der Waals surface area contributed by atoms with Crippen molar-refractivity contribution in [3.05, 3.63) is 0 Å². The predicted molar refractivity (Wildman–Crippen MR) is 65.7 cm³/mol. The van der Waals surface area contributed by atoms with Gasteiger partial charge in [0.05, 0.1) is 0 Å². The summed E-state index contributed by atoms with van der Waals surface area (Å²) in [6.45, 7) is 7.72. The van der Waals surface area contributed by atoms with Crippen molar-refractivity contribution in [2.75, 3.05) is 0 Å². The molecule has 0 saturated heterocycles. The third-order valence-corrected chi connectivity index (χ3v) is 4.76. The molecule has 3 nitrogen and oxygen atoms in total. The van der Waals surface area contributed by atoms with E-state index in [1.165, 1.54) is 0 Å². The molecule has 17 heavy (non-hydrogen) atoms. The van der Waals surface area contributed by atoms with Crippen molar-refractivity contribution in [3.8, 4) is 0 Å². The summed E-state index contributed by atoms with van der Waals surface area (Å²) >= 11 is 0. The topological polar surface area (TPSA) is 51.2 Å². The van der Waals surface area contributed by atoms with E-state index in [9.17, 15) is 14.4 Å². The lowest BCUT2D eigenvalue weighted by molar-refractivity contribution is -0.159. The van der Waals surface area contributed by atoms with Crippen LogP contribution < -0.4 is 0 Å². The quantitative estimate of drug-likeness (QED) is 0.707. The van der Waals surface area contributed by atoms with Crippen molar-refractivity contribution >= 4 is 17.3 Å². The molecule has 0 aromatic rings. The Balaban J connectivity index is 3.28. The van der Waals surface area contributed by atoms with Gasteiger partial charge in [0, 0.05) is 10.8 Å². The average Bonchev–Trinajstić information content (AvgIpc) is 2.38. The first kappa shape index (κ1) is 14.1. The van der Waals surface area contributed by atoms with Crippen molar-refractivity contribution in [1.82, 2.24) is 0 Å². The van der Waals surface area contributed by atoms with Crippen LogP contribution in [0.15, 0.2) is 0 Å². The minimum Gasteiger partial charge on any atom is -0.290 e. The van der Waals surface area contributed by atoms with E-state index in [-0.39, 0.29) is 0 Å². The lowest BCUT2D eigenvalue weighted by Gasteiger charge is -2.43. The summed E-state index contributed by atoms with van der Waals surface area (Å²) in [4.78, 5) is 36.0. The highest BCUT2D eigenvalue weighted by Crippen LogP contribution is 2.48. The molecule has 1 fully saturated rings. The summed E-state index contributed by atoms with van der Waals surface area (Å²) in [6.07, 6.45) is 3.11. The van der Waals surface area contributed by atoms with Crippen LogP contribution in [-0.2, 0) is 14.4 Å². The Hall–Kier alpha value is -0.990. The molecule has 0 aromatic heterocycles. The smallest absolute Gasteiger partial charge is 0.265 e. The second kappa shape index (κ2) is 4.71. The number of hydrogen-bond donors (Lipinski definition) is 0. The van der Waals surface area contributed by atoms with Gasteiger partial charge in [-0.3, -0.25) is 14.4 Å². The Kier molecular flexibility index (Phi) is 3.90. The fraction of sp³-hybridized carbons (Fsp3) is 0.786. The van der Waals surface area contributed by atoms with E-state index in [1.54, 1.807) is 0 Å². The second-order valence-corrected chi connectivity index (χ2v) is 5.14. The van der Waals surface area contributed by atoms with Crippen LogP contribution >= 0.6 is 0 Å². The van der Waals surface area contributed by atoms with Crippen LogP contribution in [0.3, 0.4) is 0 Å². The molecule has 96 valence electrons. The fourth-order valence-electron chi connectivity index (χ4n) is 3.04. The van der Waals surface area contributed by atoms with Crippen molar-refractivity contribution < 1.29 is 14.4 Å². The Morgan fingerprint density at radius 1 is 0.765 bits per heavy atom. The molecule has 0 aliphatic heterocycles. The van der Waals surface area contributed by atoms with Crippen LogP contribution in [0.2, 0.25) is 0 Å². The number of carbonyl (C=O) groups is 3. The minimum atomic E-state index is -0.761. The van der Waals surface area contributed by atoms with Gasteiger partial charge in [-0.15, -0.1) is 0 Å². The van der Waals surface area contributed by atoms with E-state index in [2.05, 4.69) is 0 Å². The Bertz CT molecular complexity index is 314. The van der Waals surface area contributed by atoms with E-state index in [0.29, 0.717) is 32.1 Å². The van der Waals surface area contributed by atoms with Gasteiger partial charge in [0.1, 0.15) is 0 Å². The molecule has 1 saturated carbocycles. The molecule has 0 spiro atoms. The van der Waals surface area contributed by atoms with Gasteiger partial charge in [-0.25, -0.2) is 0 Å². The van der Waals surface area contributed by atoms with Crippen LogP contribution in [0.1, 0.15) is 59.8 Å².